The summed E-state index contributed by atoms with van der Waals surface area (Å²) in [5.74, 6) is -0.608. The molecule has 19 heavy (non-hydrogen) atoms. The van der Waals surface area contributed by atoms with Crippen molar-refractivity contribution in [2.75, 3.05) is 5.32 Å². The van der Waals surface area contributed by atoms with Crippen molar-refractivity contribution in [2.24, 2.45) is 4.99 Å². The van der Waals surface area contributed by atoms with Crippen LogP contribution in [0, 0.1) is 11.6 Å². The summed E-state index contributed by atoms with van der Waals surface area (Å²) in [6, 6.07) is 2.46. The van der Waals surface area contributed by atoms with Gasteiger partial charge in [-0.05, 0) is 32.4 Å². The van der Waals surface area contributed by atoms with Gasteiger partial charge in [-0.1, -0.05) is 29.8 Å². The van der Waals surface area contributed by atoms with Crippen LogP contribution in [0.3, 0.4) is 0 Å². The Labute approximate surface area is 121 Å². The molecule has 0 atom stereocenters. The number of aliphatic imine (C=N–C) groups is 1. The average molecular weight is 333 g/mol. The molecule has 0 bridgehead atoms. The summed E-state index contributed by atoms with van der Waals surface area (Å²) < 4.78 is 27.5. The molecule has 0 unspecified atom stereocenters. The second-order valence-corrected chi connectivity index (χ2v) is 5.66. The zero-order valence-corrected chi connectivity index (χ0v) is 13.2. The van der Waals surface area contributed by atoms with Crippen LogP contribution in [0.5, 0.6) is 0 Å². The fourth-order valence-corrected chi connectivity index (χ4v) is 2.20. The summed E-state index contributed by atoms with van der Waals surface area (Å²) in [5, 5.41) is 2.74. The van der Waals surface area contributed by atoms with Gasteiger partial charge in [0.05, 0.1) is 5.54 Å². The van der Waals surface area contributed by atoms with Gasteiger partial charge in [0.1, 0.15) is 11.5 Å². The van der Waals surface area contributed by atoms with Crippen LogP contribution in [0.2, 0.25) is 0 Å². The van der Waals surface area contributed by atoms with Gasteiger partial charge in [-0.15, -0.1) is 0 Å². The normalized spacial score (nSPS) is 16.5. The first kappa shape index (κ1) is 16.1. The summed E-state index contributed by atoms with van der Waals surface area (Å²) in [4.78, 5) is 4.38. The number of hydrogen-bond donors (Lipinski definition) is 1. The number of rotatable bonds is 1. The predicted octanol–water partition coefficient (Wildman–Crippen LogP) is 5.14. The van der Waals surface area contributed by atoms with Crippen molar-refractivity contribution < 1.29 is 8.78 Å². The van der Waals surface area contributed by atoms with E-state index >= 15 is 0 Å². The molecule has 1 aliphatic heterocycles. The lowest BCUT2D eigenvalue weighted by atomic mass is 10.0. The van der Waals surface area contributed by atoms with Gasteiger partial charge in [-0.3, -0.25) is 4.99 Å². The SMILES string of the molecule is CC.CC1(C)CCC(Nc2c(F)cc(Br)cc2F)=N1. The molecule has 0 amide bonds. The Morgan fingerprint density at radius 3 is 2.16 bits per heavy atom. The van der Waals surface area contributed by atoms with Crippen molar-refractivity contribution in [3.63, 3.8) is 0 Å². The molecule has 106 valence electrons. The van der Waals surface area contributed by atoms with E-state index in [1.54, 1.807) is 0 Å². The van der Waals surface area contributed by atoms with Gasteiger partial charge < -0.3 is 5.32 Å². The number of nitrogens with one attached hydrogen (secondary N) is 1. The van der Waals surface area contributed by atoms with Gasteiger partial charge in [-0.2, -0.15) is 0 Å². The lowest BCUT2D eigenvalue weighted by molar-refractivity contribution is 0.522. The minimum absolute atomic E-state index is 0.135. The molecule has 2 nitrogen and oxygen atoms in total. The largest absolute Gasteiger partial charge is 0.339 e. The third-order valence-corrected chi connectivity index (χ3v) is 3.15. The Balaban J connectivity index is 0.000000861. The van der Waals surface area contributed by atoms with Gasteiger partial charge in [0.15, 0.2) is 11.6 Å². The van der Waals surface area contributed by atoms with Gasteiger partial charge in [0.2, 0.25) is 0 Å². The monoisotopic (exact) mass is 332 g/mol. The molecular formula is C14H19BrF2N2. The Morgan fingerprint density at radius 2 is 1.74 bits per heavy atom. The second-order valence-electron chi connectivity index (χ2n) is 4.74. The van der Waals surface area contributed by atoms with Crippen LogP contribution in [0.25, 0.3) is 0 Å². The lowest BCUT2D eigenvalue weighted by Crippen LogP contribution is -2.13. The van der Waals surface area contributed by atoms with Crippen LogP contribution in [0.1, 0.15) is 40.5 Å². The molecule has 1 aromatic carbocycles. The predicted molar refractivity (Wildman–Crippen MR) is 79.8 cm³/mol. The van der Waals surface area contributed by atoms with Crippen LogP contribution in [0.4, 0.5) is 14.5 Å². The van der Waals surface area contributed by atoms with Crippen molar-refractivity contribution in [3.8, 4) is 0 Å². The van der Waals surface area contributed by atoms with Crippen molar-refractivity contribution in [2.45, 2.75) is 46.1 Å². The Kier molecular flexibility index (Phi) is 5.47. The van der Waals surface area contributed by atoms with E-state index in [-0.39, 0.29) is 11.2 Å². The lowest BCUT2D eigenvalue weighted by Gasteiger charge is -2.11. The maximum Gasteiger partial charge on any atom is 0.150 e. The highest BCUT2D eigenvalue weighted by molar-refractivity contribution is 9.10. The minimum atomic E-state index is -0.621. The molecule has 1 aromatic rings. The number of benzene rings is 1. The van der Waals surface area contributed by atoms with E-state index in [9.17, 15) is 8.78 Å². The van der Waals surface area contributed by atoms with Crippen LogP contribution < -0.4 is 5.32 Å². The third-order valence-electron chi connectivity index (χ3n) is 2.69. The molecule has 0 saturated carbocycles. The molecule has 0 aromatic heterocycles. The number of nitrogens with zero attached hydrogens (tertiary/aromatic N) is 1. The van der Waals surface area contributed by atoms with Crippen LogP contribution in [-0.4, -0.2) is 11.4 Å². The molecule has 2 rings (SSSR count). The van der Waals surface area contributed by atoms with E-state index in [2.05, 4.69) is 26.2 Å². The molecule has 1 heterocycles. The number of hydrogen-bond acceptors (Lipinski definition) is 2. The maximum absolute atomic E-state index is 13.6. The maximum atomic E-state index is 13.6. The number of amidine groups is 1. The summed E-state index contributed by atoms with van der Waals surface area (Å²) in [7, 11) is 0. The summed E-state index contributed by atoms with van der Waals surface area (Å²) in [6.07, 6.45) is 1.59. The summed E-state index contributed by atoms with van der Waals surface area (Å²) in [6.45, 7) is 7.99. The second kappa shape index (κ2) is 6.46. The Bertz CT molecular complexity index is 461. The highest BCUT2D eigenvalue weighted by atomic mass is 79.9. The third kappa shape index (κ3) is 4.27. The first-order valence-corrected chi connectivity index (χ1v) is 7.17. The van der Waals surface area contributed by atoms with Crippen LogP contribution >= 0.6 is 15.9 Å². The standard InChI is InChI=1S/C12H13BrF2N2.C2H6/c1-12(2)4-3-10(17-12)16-11-8(14)5-7(13)6-9(11)15;1-2/h5-6H,3-4H2,1-2H3,(H,16,17);1-2H3. The molecule has 0 spiro atoms. The van der Waals surface area contributed by atoms with Gasteiger partial charge in [0, 0.05) is 10.9 Å². The molecule has 1 N–H and O–H groups in total. The van der Waals surface area contributed by atoms with Crippen LogP contribution in [0.15, 0.2) is 21.6 Å². The quantitative estimate of drug-likeness (QED) is 0.756. The van der Waals surface area contributed by atoms with Crippen molar-refractivity contribution in [3.05, 3.63) is 28.2 Å². The molecule has 0 aliphatic carbocycles. The first-order valence-electron chi connectivity index (χ1n) is 6.38. The fraction of sp³-hybridized carbons (Fsp3) is 0.500. The zero-order valence-electron chi connectivity index (χ0n) is 11.7. The van der Waals surface area contributed by atoms with E-state index in [1.165, 1.54) is 12.1 Å². The van der Waals surface area contributed by atoms with Gasteiger partial charge >= 0.3 is 0 Å². The van der Waals surface area contributed by atoms with E-state index in [4.69, 9.17) is 0 Å². The summed E-state index contributed by atoms with van der Waals surface area (Å²) >= 11 is 3.04. The van der Waals surface area contributed by atoms with E-state index < -0.39 is 11.6 Å². The molecule has 0 fully saturated rings. The highest BCUT2D eigenvalue weighted by Crippen LogP contribution is 2.28. The minimum Gasteiger partial charge on any atom is -0.339 e. The summed E-state index contributed by atoms with van der Waals surface area (Å²) in [5.41, 5.74) is -0.283. The number of anilines is 1. The molecule has 0 saturated heterocycles. The Hall–Kier alpha value is -0.970. The smallest absolute Gasteiger partial charge is 0.150 e. The molecule has 5 heteroatoms. The molecule has 0 radical (unpaired) electrons. The van der Waals surface area contributed by atoms with E-state index in [1.807, 2.05) is 27.7 Å². The van der Waals surface area contributed by atoms with Crippen molar-refractivity contribution >= 4 is 27.5 Å². The van der Waals surface area contributed by atoms with Gasteiger partial charge in [0.25, 0.3) is 0 Å². The highest BCUT2D eigenvalue weighted by Gasteiger charge is 2.25. The zero-order chi connectivity index (χ0) is 14.6. The fourth-order valence-electron chi connectivity index (χ4n) is 1.80. The Morgan fingerprint density at radius 1 is 1.21 bits per heavy atom. The van der Waals surface area contributed by atoms with Crippen molar-refractivity contribution in [1.29, 1.82) is 0 Å². The van der Waals surface area contributed by atoms with E-state index in [0.29, 0.717) is 16.7 Å². The molecule has 1 aliphatic rings. The average Bonchev–Trinajstić information content (AvgIpc) is 2.66. The van der Waals surface area contributed by atoms with E-state index in [0.717, 1.165) is 6.42 Å². The number of halogens is 3. The van der Waals surface area contributed by atoms with Crippen molar-refractivity contribution in [1.82, 2.24) is 0 Å². The van der Waals surface area contributed by atoms with Gasteiger partial charge in [-0.25, -0.2) is 8.78 Å². The molecular weight excluding hydrogens is 314 g/mol. The topological polar surface area (TPSA) is 24.4 Å². The first-order chi connectivity index (χ1) is 8.87. The van der Waals surface area contributed by atoms with Crippen LogP contribution in [-0.2, 0) is 0 Å².